The van der Waals surface area contributed by atoms with Crippen LogP contribution < -0.4 is 22.1 Å². The molecule has 0 aromatic heterocycles. The lowest BCUT2D eigenvalue weighted by Crippen LogP contribution is -2.16. The second kappa shape index (κ2) is 11.0. The molecule has 1 atom stereocenters. The number of phosphoric ester groups is 1. The Morgan fingerprint density at radius 2 is 1.05 bits per heavy atom. The van der Waals surface area contributed by atoms with E-state index in [1.807, 2.05) is 0 Å². The summed E-state index contributed by atoms with van der Waals surface area (Å²) in [6.45, 7) is 3.59. The molecule has 0 spiro atoms. The van der Waals surface area contributed by atoms with Crippen molar-refractivity contribution < 1.29 is 45.7 Å². The minimum Gasteiger partial charge on any atom is -0.789 e. The fraction of sp³-hybridized carbons (Fsp3) is 1.00. The van der Waals surface area contributed by atoms with E-state index in [1.54, 1.807) is 0 Å². The van der Waals surface area contributed by atoms with Crippen molar-refractivity contribution in [1.82, 2.24) is 12.3 Å². The van der Waals surface area contributed by atoms with E-state index in [-0.39, 0.29) is 32.1 Å². The first kappa shape index (κ1) is 26.2. The van der Waals surface area contributed by atoms with E-state index in [2.05, 4.69) is 22.2 Å². The molecule has 0 aromatic rings. The van der Waals surface area contributed by atoms with Crippen LogP contribution in [0, 0.1) is 0 Å². The molecule has 0 radical (unpaired) electrons. The topological polar surface area (TPSA) is 216 Å². The molecule has 0 aromatic carbocycles. The van der Waals surface area contributed by atoms with Crippen molar-refractivity contribution in [3.63, 3.8) is 0 Å². The molecule has 21 heavy (non-hydrogen) atoms. The van der Waals surface area contributed by atoms with Crippen molar-refractivity contribution in [3.05, 3.63) is 0 Å². The molecule has 0 saturated heterocycles. The Labute approximate surface area is 123 Å². The molecule has 0 saturated carbocycles. The highest BCUT2D eigenvalue weighted by atomic mass is 31.3. The van der Waals surface area contributed by atoms with Gasteiger partial charge in [0.15, 0.2) is 0 Å². The average Bonchev–Trinajstić information content (AvgIpc) is 2.13. The Kier molecular flexibility index (Phi) is 13.7. The number of hydrogen-bond donors (Lipinski definition) is 2. The van der Waals surface area contributed by atoms with Crippen LogP contribution in [0.25, 0.3) is 0 Å². The second-order valence-electron chi connectivity index (χ2n) is 2.76. The van der Waals surface area contributed by atoms with Gasteiger partial charge in [-0.25, -0.2) is 9.13 Å². The number of phosphoric acid groups is 3. The molecule has 132 valence electrons. The molecule has 0 aliphatic rings. The number of hydrogen-bond acceptors (Lipinski definition) is 10. The molecular formula is C6H23N2O10P3. The van der Waals surface area contributed by atoms with E-state index in [1.165, 1.54) is 20.8 Å². The maximum absolute atomic E-state index is 11.9. The highest BCUT2D eigenvalue weighted by Crippen LogP contribution is 2.69. The van der Waals surface area contributed by atoms with E-state index >= 15 is 0 Å². The predicted octanol–water partition coefficient (Wildman–Crippen LogP) is 1.93. The lowest BCUT2D eigenvalue weighted by molar-refractivity contribution is -0.334. The van der Waals surface area contributed by atoms with Crippen LogP contribution in [0.15, 0.2) is 0 Å². The standard InChI is InChI=1S/C6H17O10P3.2H3N/c1-4-12-18(10,13-5-2)16-19(11,14-6-3)15-17(7,8)9;;/h4-6H2,1-3H3,(H2,7,8,9);2*1H3. The van der Waals surface area contributed by atoms with E-state index in [4.69, 9.17) is 0 Å². The van der Waals surface area contributed by atoms with Gasteiger partial charge < -0.3 is 26.7 Å². The molecule has 15 heteroatoms. The molecule has 0 fully saturated rings. The summed E-state index contributed by atoms with van der Waals surface area (Å²) in [6, 6.07) is 0. The van der Waals surface area contributed by atoms with Crippen LogP contribution in [-0.2, 0) is 35.9 Å². The highest BCUT2D eigenvalue weighted by molar-refractivity contribution is 7.66. The molecule has 0 bridgehead atoms. The van der Waals surface area contributed by atoms with Gasteiger partial charge in [0.2, 0.25) is 0 Å². The molecule has 1 unspecified atom stereocenters. The Bertz CT molecular complexity index is 402. The Morgan fingerprint density at radius 1 is 0.714 bits per heavy atom. The zero-order valence-electron chi connectivity index (χ0n) is 12.5. The predicted molar refractivity (Wildman–Crippen MR) is 71.8 cm³/mol. The lowest BCUT2D eigenvalue weighted by Gasteiger charge is -2.32. The minimum atomic E-state index is -5.69. The molecule has 12 nitrogen and oxygen atoms in total. The zero-order chi connectivity index (χ0) is 15.2. The normalized spacial score (nSPS) is 14.7. The van der Waals surface area contributed by atoms with Crippen molar-refractivity contribution in [3.8, 4) is 0 Å². The van der Waals surface area contributed by atoms with E-state index in [9.17, 15) is 23.5 Å². The first-order valence-electron chi connectivity index (χ1n) is 5.18. The first-order chi connectivity index (χ1) is 8.60. The fourth-order valence-corrected chi connectivity index (χ4v) is 4.99. The second-order valence-corrected chi connectivity index (χ2v) is 7.52. The van der Waals surface area contributed by atoms with Crippen LogP contribution in [0.3, 0.4) is 0 Å². The molecule has 0 rings (SSSR count). The molecule has 0 aliphatic heterocycles. The third-order valence-corrected chi connectivity index (χ3v) is 6.18. The Morgan fingerprint density at radius 3 is 1.33 bits per heavy atom. The Balaban J connectivity index is -0.00000162. The summed E-state index contributed by atoms with van der Waals surface area (Å²) in [6.07, 6.45) is 0. The maximum Gasteiger partial charge on any atom is 0.487 e. The van der Waals surface area contributed by atoms with Crippen molar-refractivity contribution in [2.75, 3.05) is 19.8 Å². The minimum absolute atomic E-state index is 0. The number of rotatable bonds is 10. The van der Waals surface area contributed by atoms with E-state index in [0.29, 0.717) is 0 Å². The van der Waals surface area contributed by atoms with Gasteiger partial charge in [0.1, 0.15) is 0 Å². The van der Waals surface area contributed by atoms with Crippen LogP contribution in [-0.4, -0.2) is 19.8 Å². The SMILES string of the molecule is CCOP(=O)(OCC)OP(=O)(OCC)OP(=O)([O-])[O-].[NH4+].[NH4+]. The van der Waals surface area contributed by atoms with Gasteiger partial charge in [-0.05, 0) is 20.8 Å². The van der Waals surface area contributed by atoms with Gasteiger partial charge in [-0.3, -0.25) is 17.9 Å². The van der Waals surface area contributed by atoms with Crippen LogP contribution in [0.5, 0.6) is 0 Å². The van der Waals surface area contributed by atoms with Gasteiger partial charge in [-0.1, -0.05) is 0 Å². The highest BCUT2D eigenvalue weighted by Gasteiger charge is 2.40. The Hall–Kier alpha value is 0.330. The largest absolute Gasteiger partial charge is 0.789 e. The van der Waals surface area contributed by atoms with Crippen LogP contribution in [0.2, 0.25) is 0 Å². The molecule has 0 amide bonds. The molecule has 8 N–H and O–H groups in total. The van der Waals surface area contributed by atoms with Gasteiger partial charge in [0, 0.05) is 0 Å². The van der Waals surface area contributed by atoms with Crippen molar-refractivity contribution in [2.45, 2.75) is 20.8 Å². The quantitative estimate of drug-likeness (QED) is 0.527. The van der Waals surface area contributed by atoms with Crippen LogP contribution >= 0.6 is 23.5 Å². The van der Waals surface area contributed by atoms with Crippen molar-refractivity contribution >= 4 is 23.5 Å². The average molecular weight is 376 g/mol. The van der Waals surface area contributed by atoms with Crippen LogP contribution in [0.1, 0.15) is 20.8 Å². The van der Waals surface area contributed by atoms with Crippen molar-refractivity contribution in [2.24, 2.45) is 0 Å². The summed E-state index contributed by atoms with van der Waals surface area (Å²) >= 11 is 0. The van der Waals surface area contributed by atoms with Gasteiger partial charge in [0.25, 0.3) is 0 Å². The van der Waals surface area contributed by atoms with Crippen LogP contribution in [0.4, 0.5) is 0 Å². The maximum atomic E-state index is 11.9. The number of quaternary nitrogens is 2. The van der Waals surface area contributed by atoms with Gasteiger partial charge in [-0.2, -0.15) is 4.31 Å². The van der Waals surface area contributed by atoms with Crippen molar-refractivity contribution in [1.29, 1.82) is 0 Å². The lowest BCUT2D eigenvalue weighted by atomic mass is 10.9. The molecular weight excluding hydrogens is 353 g/mol. The van der Waals surface area contributed by atoms with Gasteiger partial charge >= 0.3 is 15.6 Å². The van der Waals surface area contributed by atoms with E-state index < -0.39 is 23.5 Å². The molecule has 0 aliphatic carbocycles. The summed E-state index contributed by atoms with van der Waals surface area (Å²) in [5.41, 5.74) is 0. The third kappa shape index (κ3) is 11.5. The molecule has 0 heterocycles. The van der Waals surface area contributed by atoms with Gasteiger partial charge in [0.05, 0.1) is 27.6 Å². The summed E-state index contributed by atoms with van der Waals surface area (Å²) in [5, 5.41) is 0. The van der Waals surface area contributed by atoms with Gasteiger partial charge in [-0.15, -0.1) is 0 Å². The summed E-state index contributed by atoms with van der Waals surface area (Å²) in [4.78, 5) is 20.9. The fourth-order valence-electron chi connectivity index (χ4n) is 0.866. The zero-order valence-corrected chi connectivity index (χ0v) is 15.2. The third-order valence-electron chi connectivity index (χ3n) is 1.26. The first-order valence-corrected chi connectivity index (χ1v) is 9.56. The van der Waals surface area contributed by atoms with E-state index in [0.717, 1.165) is 0 Å². The monoisotopic (exact) mass is 376 g/mol. The summed E-state index contributed by atoms with van der Waals surface area (Å²) in [7, 11) is -15.0. The summed E-state index contributed by atoms with van der Waals surface area (Å²) < 4.78 is 55.9. The smallest absolute Gasteiger partial charge is 0.487 e. The summed E-state index contributed by atoms with van der Waals surface area (Å²) in [5.74, 6) is 0.